The van der Waals surface area contributed by atoms with Crippen LogP contribution in [-0.2, 0) is 11.3 Å². The number of aromatic nitrogens is 5. The number of aryl methyl sites for hydroxylation is 1. The van der Waals surface area contributed by atoms with E-state index in [1.165, 1.54) is 6.42 Å². The lowest BCUT2D eigenvalue weighted by Gasteiger charge is -2.25. The van der Waals surface area contributed by atoms with Crippen molar-refractivity contribution in [1.29, 1.82) is 0 Å². The highest BCUT2D eigenvalue weighted by Crippen LogP contribution is 2.39. The zero-order valence-electron chi connectivity index (χ0n) is 15.5. The molecule has 0 aromatic carbocycles. The van der Waals surface area contributed by atoms with Crippen molar-refractivity contribution in [3.8, 4) is 11.5 Å². The fraction of sp³-hybridized carbons (Fsp3) is 0.579. The minimum Gasteiger partial charge on any atom is -0.420 e. The molecule has 1 N–H and O–H groups in total. The first-order valence-corrected chi connectivity index (χ1v) is 9.86. The number of nitrogens with zero attached hydrogens (tertiary/aromatic N) is 5. The summed E-state index contributed by atoms with van der Waals surface area (Å²) in [5, 5.41) is 17.8. The predicted octanol–water partition coefficient (Wildman–Crippen LogP) is 3.36. The maximum absolute atomic E-state index is 6.03. The first-order chi connectivity index (χ1) is 13.3. The Morgan fingerprint density at radius 1 is 1.15 bits per heavy atom. The van der Waals surface area contributed by atoms with Crippen molar-refractivity contribution in [2.45, 2.75) is 57.5 Å². The number of ether oxygens (including phenoxy) is 1. The van der Waals surface area contributed by atoms with E-state index in [0.29, 0.717) is 17.9 Å². The number of hydrogen-bond donors (Lipinski definition) is 1. The predicted molar refractivity (Wildman–Crippen MR) is 101 cm³/mol. The highest BCUT2D eigenvalue weighted by Gasteiger charge is 2.27. The zero-order valence-corrected chi connectivity index (χ0v) is 15.5. The van der Waals surface area contributed by atoms with E-state index in [-0.39, 0.29) is 0 Å². The van der Waals surface area contributed by atoms with Gasteiger partial charge in [0.05, 0.1) is 22.8 Å². The lowest BCUT2D eigenvalue weighted by molar-refractivity contribution is 0.0905. The standard InChI is InChI=1S/C19H24N6O2/c1-2-25-17-14(11-21-25)16(22-13-6-8-26-9-7-13)15(10-20-17)19-24-23-18(27-19)12-4-3-5-12/h10-13H,2-9H2,1H3,(H,20,22). The third-order valence-corrected chi connectivity index (χ3v) is 5.66. The van der Waals surface area contributed by atoms with Gasteiger partial charge in [0.1, 0.15) is 0 Å². The molecule has 2 aliphatic rings. The maximum Gasteiger partial charge on any atom is 0.251 e. The molecule has 1 saturated heterocycles. The van der Waals surface area contributed by atoms with Crippen LogP contribution in [0.3, 0.4) is 0 Å². The van der Waals surface area contributed by atoms with E-state index in [4.69, 9.17) is 9.15 Å². The quantitative estimate of drug-likeness (QED) is 0.738. The van der Waals surface area contributed by atoms with Crippen LogP contribution in [0.25, 0.3) is 22.5 Å². The van der Waals surface area contributed by atoms with Crippen molar-refractivity contribution in [2.24, 2.45) is 0 Å². The van der Waals surface area contributed by atoms with Gasteiger partial charge in [0.15, 0.2) is 5.65 Å². The fourth-order valence-corrected chi connectivity index (χ4v) is 3.79. The molecular weight excluding hydrogens is 344 g/mol. The summed E-state index contributed by atoms with van der Waals surface area (Å²) in [5.74, 6) is 1.69. The van der Waals surface area contributed by atoms with Gasteiger partial charge in [0, 0.05) is 37.9 Å². The Labute approximate surface area is 157 Å². The molecule has 3 aromatic rings. The van der Waals surface area contributed by atoms with Gasteiger partial charge in [0.25, 0.3) is 5.89 Å². The summed E-state index contributed by atoms with van der Waals surface area (Å²) < 4.78 is 13.4. The molecule has 5 rings (SSSR count). The van der Waals surface area contributed by atoms with Crippen LogP contribution in [0.15, 0.2) is 16.8 Å². The highest BCUT2D eigenvalue weighted by molar-refractivity contribution is 5.96. The lowest BCUT2D eigenvalue weighted by atomic mass is 9.85. The van der Waals surface area contributed by atoms with E-state index in [9.17, 15) is 0 Å². The highest BCUT2D eigenvalue weighted by atomic mass is 16.5. The smallest absolute Gasteiger partial charge is 0.251 e. The van der Waals surface area contributed by atoms with E-state index in [1.807, 2.05) is 17.1 Å². The largest absolute Gasteiger partial charge is 0.420 e. The van der Waals surface area contributed by atoms with Gasteiger partial charge in [0.2, 0.25) is 5.89 Å². The summed E-state index contributed by atoms with van der Waals surface area (Å²) in [7, 11) is 0. The van der Waals surface area contributed by atoms with Gasteiger partial charge in [-0.1, -0.05) is 6.42 Å². The molecule has 0 bridgehead atoms. The van der Waals surface area contributed by atoms with Crippen LogP contribution < -0.4 is 5.32 Å². The first kappa shape index (κ1) is 16.7. The van der Waals surface area contributed by atoms with Crippen LogP contribution in [0.4, 0.5) is 5.69 Å². The van der Waals surface area contributed by atoms with Crippen molar-refractivity contribution in [1.82, 2.24) is 25.0 Å². The third-order valence-electron chi connectivity index (χ3n) is 5.66. The lowest BCUT2D eigenvalue weighted by Crippen LogP contribution is -2.28. The Balaban J connectivity index is 1.57. The molecule has 2 fully saturated rings. The first-order valence-electron chi connectivity index (χ1n) is 9.86. The Bertz CT molecular complexity index is 939. The Morgan fingerprint density at radius 3 is 2.74 bits per heavy atom. The van der Waals surface area contributed by atoms with E-state index in [0.717, 1.165) is 73.6 Å². The normalized spacial score (nSPS) is 18.7. The number of rotatable bonds is 5. The van der Waals surface area contributed by atoms with Crippen molar-refractivity contribution < 1.29 is 9.15 Å². The second kappa shape index (κ2) is 6.92. The summed E-state index contributed by atoms with van der Waals surface area (Å²) in [6, 6.07) is 0.349. The molecule has 3 aromatic heterocycles. The molecule has 0 radical (unpaired) electrons. The van der Waals surface area contributed by atoms with Gasteiger partial charge >= 0.3 is 0 Å². The Kier molecular flexibility index (Phi) is 4.27. The summed E-state index contributed by atoms with van der Waals surface area (Å²) in [4.78, 5) is 4.64. The van der Waals surface area contributed by atoms with Crippen molar-refractivity contribution in [3.05, 3.63) is 18.3 Å². The number of nitrogens with one attached hydrogen (secondary N) is 1. The molecule has 0 amide bonds. The minimum atomic E-state index is 0.349. The summed E-state index contributed by atoms with van der Waals surface area (Å²) in [6.45, 7) is 4.40. The molecule has 8 nitrogen and oxygen atoms in total. The monoisotopic (exact) mass is 368 g/mol. The van der Waals surface area contributed by atoms with Crippen molar-refractivity contribution in [2.75, 3.05) is 18.5 Å². The van der Waals surface area contributed by atoms with E-state index in [2.05, 4.69) is 32.5 Å². The molecule has 0 spiro atoms. The second-order valence-corrected chi connectivity index (χ2v) is 7.35. The third kappa shape index (κ3) is 2.97. The Morgan fingerprint density at radius 2 is 2.00 bits per heavy atom. The molecule has 0 unspecified atom stereocenters. The molecule has 1 saturated carbocycles. The molecule has 1 aliphatic carbocycles. The minimum absolute atomic E-state index is 0.349. The zero-order chi connectivity index (χ0) is 18.2. The van der Waals surface area contributed by atoms with Crippen LogP contribution in [0.5, 0.6) is 0 Å². The van der Waals surface area contributed by atoms with Gasteiger partial charge in [-0.2, -0.15) is 5.10 Å². The molecule has 0 atom stereocenters. The molecule has 142 valence electrons. The fourth-order valence-electron chi connectivity index (χ4n) is 3.79. The van der Waals surface area contributed by atoms with Crippen molar-refractivity contribution >= 4 is 16.7 Å². The van der Waals surface area contributed by atoms with Gasteiger partial charge in [-0.15, -0.1) is 10.2 Å². The topological polar surface area (TPSA) is 90.9 Å². The number of fused-ring (bicyclic) bond motifs is 1. The van der Waals surface area contributed by atoms with Crippen LogP contribution in [0.1, 0.15) is 50.8 Å². The van der Waals surface area contributed by atoms with Gasteiger partial charge in [-0.05, 0) is 32.6 Å². The summed E-state index contributed by atoms with van der Waals surface area (Å²) in [5.41, 5.74) is 2.70. The van der Waals surface area contributed by atoms with Gasteiger partial charge in [-0.25, -0.2) is 9.67 Å². The van der Waals surface area contributed by atoms with Crippen LogP contribution in [-0.4, -0.2) is 44.2 Å². The average Bonchev–Trinajstić information content (AvgIpc) is 3.28. The van der Waals surface area contributed by atoms with Crippen LogP contribution in [0.2, 0.25) is 0 Å². The van der Waals surface area contributed by atoms with E-state index in [1.54, 1.807) is 0 Å². The van der Waals surface area contributed by atoms with Crippen LogP contribution >= 0.6 is 0 Å². The molecule has 4 heterocycles. The van der Waals surface area contributed by atoms with Crippen molar-refractivity contribution in [3.63, 3.8) is 0 Å². The molecule has 1 aliphatic heterocycles. The molecule has 27 heavy (non-hydrogen) atoms. The average molecular weight is 368 g/mol. The van der Waals surface area contributed by atoms with Gasteiger partial charge in [-0.3, -0.25) is 0 Å². The van der Waals surface area contributed by atoms with E-state index < -0.39 is 0 Å². The number of hydrogen-bond acceptors (Lipinski definition) is 7. The summed E-state index contributed by atoms with van der Waals surface area (Å²) >= 11 is 0. The number of anilines is 1. The second-order valence-electron chi connectivity index (χ2n) is 7.35. The van der Waals surface area contributed by atoms with Gasteiger partial charge < -0.3 is 14.5 Å². The molecular formula is C19H24N6O2. The molecule has 8 heteroatoms. The number of pyridine rings is 1. The summed E-state index contributed by atoms with van der Waals surface area (Å²) in [6.07, 6.45) is 9.16. The van der Waals surface area contributed by atoms with Crippen LogP contribution in [0, 0.1) is 0 Å². The SMILES string of the molecule is CCn1ncc2c(NC3CCOCC3)c(-c3nnc(C4CCC4)o3)cnc21. The van der Waals surface area contributed by atoms with E-state index >= 15 is 0 Å². The maximum atomic E-state index is 6.03. The Hall–Kier alpha value is -2.48.